The predicted octanol–water partition coefficient (Wildman–Crippen LogP) is 4.94. The summed E-state index contributed by atoms with van der Waals surface area (Å²) in [4.78, 5) is 45.9. The summed E-state index contributed by atoms with van der Waals surface area (Å²) in [5.41, 5.74) is -0.281. The van der Waals surface area contributed by atoms with Crippen LogP contribution in [-0.4, -0.2) is 50.2 Å². The summed E-state index contributed by atoms with van der Waals surface area (Å²) < 4.78 is 55.7. The summed E-state index contributed by atoms with van der Waals surface area (Å²) >= 11 is 5.81. The van der Waals surface area contributed by atoms with Gasteiger partial charge in [0.05, 0.1) is 33.5 Å². The van der Waals surface area contributed by atoms with Crippen LogP contribution in [0.5, 0.6) is 0 Å². The number of pyridine rings is 2. The van der Waals surface area contributed by atoms with Gasteiger partial charge in [-0.1, -0.05) is 23.7 Å². The normalized spacial score (nSPS) is 17.1. The van der Waals surface area contributed by atoms with Crippen LogP contribution in [0.15, 0.2) is 59.7 Å². The number of aromatic nitrogens is 4. The minimum absolute atomic E-state index is 0.0720. The smallest absolute Gasteiger partial charge is 0.349 e. The molecule has 3 aromatic heterocycles. The van der Waals surface area contributed by atoms with E-state index in [0.29, 0.717) is 48.9 Å². The molecule has 0 bridgehead atoms. The number of para-hydroxylation sites is 2. The number of amides is 2. The number of hydrogen-bond acceptors (Lipinski definition) is 5. The fraction of sp³-hybridized carbons (Fsp3) is 0.345. The molecule has 226 valence electrons. The molecule has 0 unspecified atom stereocenters. The van der Waals surface area contributed by atoms with Crippen molar-refractivity contribution in [2.75, 3.05) is 13.2 Å². The standard InChI is InChI=1S/C29H27ClF4N6O3/c30-18-13-21(25(37-14-18)29(32,33)34)26(41)38-19-7-5-17(6-8-19)16-39-23-3-1-2-4-24(23)40(28(39)43)20-9-10-22(36-15-20)27(42)35-12-11-31/h1-4,9-10,13-15,17,19H,5-8,11-12,16H2,(H,35,42)(H,38,41)/t17-,19-. The van der Waals surface area contributed by atoms with Crippen molar-refractivity contribution in [3.63, 3.8) is 0 Å². The van der Waals surface area contributed by atoms with Crippen molar-refractivity contribution in [3.8, 4) is 5.69 Å². The van der Waals surface area contributed by atoms with Gasteiger partial charge in [0, 0.05) is 25.3 Å². The number of hydrogen-bond donors (Lipinski definition) is 2. The lowest BCUT2D eigenvalue weighted by atomic mass is 9.85. The number of fused-ring (bicyclic) bond motifs is 1. The molecule has 1 saturated carbocycles. The van der Waals surface area contributed by atoms with Crippen molar-refractivity contribution in [1.82, 2.24) is 29.7 Å². The van der Waals surface area contributed by atoms with E-state index in [0.717, 1.165) is 12.3 Å². The van der Waals surface area contributed by atoms with Crippen LogP contribution in [0.1, 0.15) is 52.2 Å². The second-order valence-corrected chi connectivity index (χ2v) is 10.7. The van der Waals surface area contributed by atoms with Gasteiger partial charge in [-0.15, -0.1) is 0 Å². The molecule has 0 atom stereocenters. The van der Waals surface area contributed by atoms with Gasteiger partial charge in [-0.25, -0.2) is 19.2 Å². The van der Waals surface area contributed by atoms with E-state index in [1.165, 1.54) is 16.8 Å². The molecular formula is C29H27ClF4N6O3. The monoisotopic (exact) mass is 618 g/mol. The Morgan fingerprint density at radius 3 is 2.35 bits per heavy atom. The van der Waals surface area contributed by atoms with Crippen molar-refractivity contribution in [2.24, 2.45) is 5.92 Å². The number of carbonyl (C=O) groups excluding carboxylic acids is 2. The summed E-state index contributed by atoms with van der Waals surface area (Å²) in [5.74, 6) is -1.32. The third kappa shape index (κ3) is 6.56. The van der Waals surface area contributed by atoms with Crippen LogP contribution in [0, 0.1) is 5.92 Å². The second kappa shape index (κ2) is 12.5. The van der Waals surface area contributed by atoms with Gasteiger partial charge in [0.2, 0.25) is 0 Å². The molecule has 1 fully saturated rings. The molecule has 0 radical (unpaired) electrons. The second-order valence-electron chi connectivity index (χ2n) is 10.3. The van der Waals surface area contributed by atoms with E-state index in [2.05, 4.69) is 20.6 Å². The molecule has 1 aromatic carbocycles. The zero-order valence-corrected chi connectivity index (χ0v) is 23.5. The first-order chi connectivity index (χ1) is 20.6. The van der Waals surface area contributed by atoms with E-state index in [9.17, 15) is 31.9 Å². The summed E-state index contributed by atoms with van der Waals surface area (Å²) in [6, 6.07) is 11.0. The van der Waals surface area contributed by atoms with Crippen LogP contribution in [0.3, 0.4) is 0 Å². The molecule has 14 heteroatoms. The highest BCUT2D eigenvalue weighted by Crippen LogP contribution is 2.32. The van der Waals surface area contributed by atoms with Gasteiger partial charge in [0.15, 0.2) is 5.69 Å². The Labute approximate surface area is 247 Å². The van der Waals surface area contributed by atoms with E-state index in [-0.39, 0.29) is 34.9 Å². The first-order valence-corrected chi connectivity index (χ1v) is 14.0. The Morgan fingerprint density at radius 1 is 0.977 bits per heavy atom. The lowest BCUT2D eigenvalue weighted by Gasteiger charge is -2.29. The average molecular weight is 619 g/mol. The summed E-state index contributed by atoms with van der Waals surface area (Å²) in [7, 11) is 0. The largest absolute Gasteiger partial charge is 0.434 e. The van der Waals surface area contributed by atoms with Crippen LogP contribution in [0.2, 0.25) is 5.02 Å². The van der Waals surface area contributed by atoms with E-state index >= 15 is 0 Å². The third-order valence-corrected chi connectivity index (χ3v) is 7.65. The maximum atomic E-state index is 13.6. The number of benzene rings is 1. The molecule has 2 N–H and O–H groups in total. The summed E-state index contributed by atoms with van der Waals surface area (Å²) in [6.07, 6.45) is -0.209. The van der Waals surface area contributed by atoms with Crippen molar-refractivity contribution in [1.29, 1.82) is 0 Å². The van der Waals surface area contributed by atoms with Crippen molar-refractivity contribution in [3.05, 3.63) is 87.3 Å². The lowest BCUT2D eigenvalue weighted by Crippen LogP contribution is -2.39. The van der Waals surface area contributed by atoms with Gasteiger partial charge in [-0.05, 0) is 61.9 Å². The maximum absolute atomic E-state index is 13.6. The van der Waals surface area contributed by atoms with Crippen LogP contribution in [0.4, 0.5) is 17.6 Å². The highest BCUT2D eigenvalue weighted by molar-refractivity contribution is 6.30. The van der Waals surface area contributed by atoms with Crippen LogP contribution < -0.4 is 16.3 Å². The average Bonchev–Trinajstić information content (AvgIpc) is 3.27. The van der Waals surface area contributed by atoms with Crippen molar-refractivity contribution < 1.29 is 27.2 Å². The fourth-order valence-corrected chi connectivity index (χ4v) is 5.55. The Bertz CT molecular complexity index is 1700. The Kier molecular flexibility index (Phi) is 8.81. The SMILES string of the molecule is O=C(NCCF)c1ccc(-n2c(=O)n(C[C@H]3CC[C@H](NC(=O)c4cc(Cl)cnc4C(F)(F)F)CC3)c3ccccc32)cn1. The fourth-order valence-electron chi connectivity index (χ4n) is 5.39. The molecule has 0 aliphatic heterocycles. The van der Waals surface area contributed by atoms with E-state index in [1.54, 1.807) is 16.7 Å². The molecule has 1 aliphatic carbocycles. The minimum atomic E-state index is -4.80. The molecule has 2 amide bonds. The van der Waals surface area contributed by atoms with Gasteiger partial charge in [-0.2, -0.15) is 13.2 Å². The lowest BCUT2D eigenvalue weighted by molar-refractivity contribution is -0.141. The number of alkyl halides is 4. The number of nitrogens with one attached hydrogen (secondary N) is 2. The zero-order chi connectivity index (χ0) is 30.7. The molecule has 43 heavy (non-hydrogen) atoms. The van der Waals surface area contributed by atoms with Gasteiger partial charge in [-0.3, -0.25) is 18.7 Å². The van der Waals surface area contributed by atoms with Gasteiger partial charge < -0.3 is 10.6 Å². The molecule has 3 heterocycles. The Balaban J connectivity index is 1.29. The van der Waals surface area contributed by atoms with Crippen LogP contribution >= 0.6 is 11.6 Å². The van der Waals surface area contributed by atoms with Gasteiger partial charge in [0.25, 0.3) is 11.8 Å². The Morgan fingerprint density at radius 2 is 1.70 bits per heavy atom. The minimum Gasteiger partial charge on any atom is -0.349 e. The van der Waals surface area contributed by atoms with Crippen LogP contribution in [0.25, 0.3) is 16.7 Å². The van der Waals surface area contributed by atoms with Crippen molar-refractivity contribution >= 4 is 34.4 Å². The first kappa shape index (κ1) is 30.2. The molecular weight excluding hydrogens is 592 g/mol. The quantitative estimate of drug-likeness (QED) is 0.272. The highest BCUT2D eigenvalue weighted by Gasteiger charge is 2.38. The molecule has 1 aliphatic rings. The first-order valence-electron chi connectivity index (χ1n) is 13.6. The molecule has 9 nitrogen and oxygen atoms in total. The van der Waals surface area contributed by atoms with Gasteiger partial charge >= 0.3 is 11.9 Å². The number of halogens is 5. The zero-order valence-electron chi connectivity index (χ0n) is 22.7. The predicted molar refractivity (Wildman–Crippen MR) is 151 cm³/mol. The maximum Gasteiger partial charge on any atom is 0.434 e. The number of rotatable bonds is 8. The molecule has 5 rings (SSSR count). The summed E-state index contributed by atoms with van der Waals surface area (Å²) in [5, 5.41) is 5.02. The number of nitrogens with zero attached hydrogens (tertiary/aromatic N) is 4. The van der Waals surface area contributed by atoms with Gasteiger partial charge in [0.1, 0.15) is 12.4 Å². The van der Waals surface area contributed by atoms with Crippen molar-refractivity contribution in [2.45, 2.75) is 44.4 Å². The molecule has 0 saturated heterocycles. The number of carbonyl (C=O) groups is 2. The van der Waals surface area contributed by atoms with E-state index in [1.807, 2.05) is 18.2 Å². The molecule has 4 aromatic rings. The van der Waals surface area contributed by atoms with E-state index in [4.69, 9.17) is 11.6 Å². The van der Waals surface area contributed by atoms with Crippen LogP contribution in [-0.2, 0) is 12.7 Å². The summed E-state index contributed by atoms with van der Waals surface area (Å²) in [6.45, 7) is -0.416. The number of imidazole rings is 1. The third-order valence-electron chi connectivity index (χ3n) is 7.44. The highest BCUT2D eigenvalue weighted by atomic mass is 35.5. The molecule has 0 spiro atoms. The van der Waals surface area contributed by atoms with E-state index < -0.39 is 35.9 Å². The Hall–Kier alpha value is -4.26. The topological polar surface area (TPSA) is 111 Å².